The van der Waals surface area contributed by atoms with Crippen LogP contribution in [0.15, 0.2) is 9.98 Å². The predicted molar refractivity (Wildman–Crippen MR) is 115 cm³/mol. The highest BCUT2D eigenvalue weighted by Crippen LogP contribution is 2.01. The van der Waals surface area contributed by atoms with E-state index in [-0.39, 0.29) is 0 Å². The van der Waals surface area contributed by atoms with Crippen LogP contribution in [-0.2, 0) is 21.6 Å². The van der Waals surface area contributed by atoms with E-state index in [1.165, 1.54) is 0 Å². The molecule has 0 aliphatic rings. The van der Waals surface area contributed by atoms with Gasteiger partial charge in [-0.2, -0.15) is 0 Å². The van der Waals surface area contributed by atoms with Crippen LogP contribution in [0.25, 0.3) is 0 Å². The van der Waals surface area contributed by atoms with Crippen LogP contribution >= 0.6 is 24.4 Å². The highest BCUT2D eigenvalue weighted by molar-refractivity contribution is 7.84. The topological polar surface area (TPSA) is 58.9 Å². The van der Waals surface area contributed by atoms with Gasteiger partial charge in [0.2, 0.25) is 0 Å². The van der Waals surface area contributed by atoms with Crippen LogP contribution in [0.1, 0.15) is 51.4 Å². The van der Waals surface area contributed by atoms with Crippen LogP contribution in [0.2, 0.25) is 0 Å². The molecule has 4 nitrogen and oxygen atoms in total. The number of rotatable bonds is 14. The third-order valence-electron chi connectivity index (χ3n) is 3.03. The summed E-state index contributed by atoms with van der Waals surface area (Å²) >= 11 is 8.86. The monoisotopic (exact) mass is 410 g/mol. The van der Waals surface area contributed by atoms with E-state index in [1.807, 2.05) is 0 Å². The van der Waals surface area contributed by atoms with E-state index >= 15 is 0 Å². The second-order valence-corrected chi connectivity index (χ2v) is 8.80. The van der Waals surface area contributed by atoms with Gasteiger partial charge in [0, 0.05) is 58.7 Å². The quantitative estimate of drug-likeness (QED) is 0.246. The average molecular weight is 411 g/mol. The molecular weight excluding hydrogens is 380 g/mol. The van der Waals surface area contributed by atoms with Crippen molar-refractivity contribution < 1.29 is 8.42 Å². The van der Waals surface area contributed by atoms with Crippen molar-refractivity contribution in [3.05, 3.63) is 0 Å². The fourth-order valence-corrected chi connectivity index (χ4v) is 3.19. The zero-order chi connectivity index (χ0) is 18.5. The molecule has 0 saturated carbocycles. The minimum absolute atomic E-state index is 0.627. The van der Waals surface area contributed by atoms with E-state index < -0.39 is 21.6 Å². The largest absolute Gasteiger partial charge is 0.260 e. The summed E-state index contributed by atoms with van der Waals surface area (Å²) in [5.74, 6) is 1.66. The number of aliphatic imine (C=N–C) groups is 2. The van der Waals surface area contributed by atoms with Crippen molar-refractivity contribution in [1.82, 2.24) is 0 Å². The Labute approximate surface area is 162 Å². The molecule has 8 heteroatoms. The molecule has 0 aliphatic carbocycles. The first-order valence-electron chi connectivity index (χ1n) is 8.22. The van der Waals surface area contributed by atoms with Gasteiger partial charge in [-0.25, -0.2) is 9.98 Å². The van der Waals surface area contributed by atoms with Crippen LogP contribution in [0.4, 0.5) is 0 Å². The number of thiocarbonyl (C=S) groups is 2. The molecule has 2 atom stereocenters. The Kier molecular flexibility index (Phi) is 24.9. The summed E-state index contributed by atoms with van der Waals surface area (Å²) in [6, 6.07) is 0. The van der Waals surface area contributed by atoms with Gasteiger partial charge in [-0.1, -0.05) is 25.7 Å². The lowest BCUT2D eigenvalue weighted by Gasteiger charge is -1.96. The first-order chi connectivity index (χ1) is 11.5. The van der Waals surface area contributed by atoms with Crippen molar-refractivity contribution in [2.75, 3.05) is 37.1 Å². The van der Waals surface area contributed by atoms with Gasteiger partial charge in [0.15, 0.2) is 0 Å². The molecule has 0 aromatic rings. The van der Waals surface area contributed by atoms with E-state index in [1.54, 1.807) is 12.5 Å². The molecule has 0 aromatic carbocycles. The molecule has 0 N–H and O–H groups in total. The Morgan fingerprint density at radius 2 is 1.00 bits per heavy atom. The predicted octanol–water partition coefficient (Wildman–Crippen LogP) is 4.06. The molecule has 0 aromatic heterocycles. The fourth-order valence-electron chi connectivity index (χ4n) is 1.79. The number of nitrogens with zero attached hydrogens (tertiary/aromatic N) is 2. The van der Waals surface area contributed by atoms with E-state index in [2.05, 4.69) is 44.7 Å². The Morgan fingerprint density at radius 1 is 0.667 bits per heavy atom. The SMILES string of the molecule is CS(=O)CCCCCCN=C=S.CS(=O)CCCCCCN=C=S. The van der Waals surface area contributed by atoms with Gasteiger partial charge >= 0.3 is 0 Å². The highest BCUT2D eigenvalue weighted by Gasteiger charge is 1.92. The van der Waals surface area contributed by atoms with E-state index in [0.29, 0.717) is 0 Å². The molecule has 0 rings (SSSR count). The molecule has 0 saturated heterocycles. The zero-order valence-corrected chi connectivity index (χ0v) is 18.1. The number of hydrogen-bond donors (Lipinski definition) is 0. The number of isothiocyanates is 2. The van der Waals surface area contributed by atoms with Crippen molar-refractivity contribution in [3.63, 3.8) is 0 Å². The van der Waals surface area contributed by atoms with E-state index in [0.717, 1.165) is 76.0 Å². The van der Waals surface area contributed by atoms with Crippen LogP contribution < -0.4 is 0 Å². The van der Waals surface area contributed by atoms with Gasteiger partial charge in [0.25, 0.3) is 0 Å². The molecule has 140 valence electrons. The van der Waals surface area contributed by atoms with Crippen LogP contribution in [0, 0.1) is 0 Å². The third kappa shape index (κ3) is 29.9. The summed E-state index contributed by atoms with van der Waals surface area (Å²) in [4.78, 5) is 7.62. The molecular formula is C16H30N2O2S4. The maximum Gasteiger partial charge on any atom is 0.0584 e. The second kappa shape index (κ2) is 22.9. The van der Waals surface area contributed by atoms with Crippen molar-refractivity contribution in [2.45, 2.75) is 51.4 Å². The Balaban J connectivity index is 0. The first kappa shape index (κ1) is 26.1. The van der Waals surface area contributed by atoms with Crippen molar-refractivity contribution >= 4 is 56.4 Å². The molecule has 0 amide bonds. The minimum atomic E-state index is -0.627. The van der Waals surface area contributed by atoms with Crippen molar-refractivity contribution in [1.29, 1.82) is 0 Å². The van der Waals surface area contributed by atoms with Gasteiger partial charge in [0.1, 0.15) is 0 Å². The van der Waals surface area contributed by atoms with Crippen molar-refractivity contribution in [3.8, 4) is 0 Å². The van der Waals surface area contributed by atoms with E-state index in [9.17, 15) is 8.42 Å². The first-order valence-corrected chi connectivity index (χ1v) is 12.5. The lowest BCUT2D eigenvalue weighted by Crippen LogP contribution is -1.93. The maximum atomic E-state index is 10.6. The number of hydrogen-bond acceptors (Lipinski definition) is 6. The van der Waals surface area contributed by atoms with Crippen LogP contribution in [-0.4, -0.2) is 55.8 Å². The summed E-state index contributed by atoms with van der Waals surface area (Å²) in [6.07, 6.45) is 12.3. The standard InChI is InChI=1S/2C8H15NOS2/c2*1-12(10)7-5-3-2-4-6-9-8-11/h2*2-7H2,1H3. The lowest BCUT2D eigenvalue weighted by molar-refractivity contribution is 0.661. The summed E-state index contributed by atoms with van der Waals surface area (Å²) in [6.45, 7) is 1.58. The zero-order valence-electron chi connectivity index (χ0n) is 14.8. The lowest BCUT2D eigenvalue weighted by atomic mass is 10.2. The fraction of sp³-hybridized carbons (Fsp3) is 0.875. The smallest absolute Gasteiger partial charge is 0.0584 e. The minimum Gasteiger partial charge on any atom is -0.260 e. The van der Waals surface area contributed by atoms with Crippen molar-refractivity contribution in [2.24, 2.45) is 9.98 Å². The van der Waals surface area contributed by atoms with Crippen LogP contribution in [0.5, 0.6) is 0 Å². The molecule has 0 bridgehead atoms. The third-order valence-corrected chi connectivity index (χ3v) is 5.02. The van der Waals surface area contributed by atoms with Gasteiger partial charge < -0.3 is 0 Å². The van der Waals surface area contributed by atoms with Gasteiger partial charge in [-0.15, -0.1) is 0 Å². The second-order valence-electron chi connectivity index (χ2n) is 5.33. The molecule has 2 unspecified atom stereocenters. The Hall–Kier alpha value is -0.100. The van der Waals surface area contributed by atoms with Gasteiger partial charge in [-0.3, -0.25) is 8.42 Å². The molecule has 0 aliphatic heterocycles. The summed E-state index contributed by atoms with van der Waals surface area (Å²) in [7, 11) is -1.25. The highest BCUT2D eigenvalue weighted by atomic mass is 32.2. The molecule has 0 radical (unpaired) electrons. The normalized spacial score (nSPS) is 12.1. The van der Waals surface area contributed by atoms with Gasteiger partial charge in [-0.05, 0) is 50.1 Å². The maximum absolute atomic E-state index is 10.6. The number of unbranched alkanes of at least 4 members (excludes halogenated alkanes) is 6. The molecule has 0 fully saturated rings. The molecule has 0 heterocycles. The van der Waals surface area contributed by atoms with E-state index in [4.69, 9.17) is 0 Å². The van der Waals surface area contributed by atoms with Crippen LogP contribution in [0.3, 0.4) is 0 Å². The Morgan fingerprint density at radius 3 is 1.29 bits per heavy atom. The summed E-state index contributed by atoms with van der Waals surface area (Å²) in [5, 5.41) is 4.67. The van der Waals surface area contributed by atoms with Gasteiger partial charge in [0.05, 0.1) is 10.3 Å². The summed E-state index contributed by atoms with van der Waals surface area (Å²) in [5.41, 5.74) is 0. The average Bonchev–Trinajstić information content (AvgIpc) is 2.53. The summed E-state index contributed by atoms with van der Waals surface area (Å²) < 4.78 is 21.3. The molecule has 0 spiro atoms. The Bertz CT molecular complexity index is 380. The molecule has 24 heavy (non-hydrogen) atoms.